The largest absolute Gasteiger partial charge is 0.493 e. The predicted octanol–water partition coefficient (Wildman–Crippen LogP) is 6.86. The standard InChI is InChI=1S/C32H32F3N5O4/c1-42-30-18-24-27(19-31(30)43-15-5-14-40-12-3-2-4-13-40)36-11-10-28(24)44-29-9-8-23(17-26(29)35)38-32(41)39-37-20-21-6-7-22(33)16-25(21)34/h6-11,16-20H,2-5,12-15H2,1H3,(H2,38,39,41)/b37-20+. The van der Waals surface area contributed by atoms with E-state index >= 15 is 0 Å². The quantitative estimate of drug-likeness (QED) is 0.110. The van der Waals surface area contributed by atoms with Gasteiger partial charge in [-0.2, -0.15) is 5.10 Å². The number of halogens is 3. The van der Waals surface area contributed by atoms with Crippen LogP contribution >= 0.6 is 0 Å². The Morgan fingerprint density at radius 1 is 0.955 bits per heavy atom. The van der Waals surface area contributed by atoms with E-state index in [0.29, 0.717) is 40.8 Å². The number of rotatable bonds is 11. The third-order valence-electron chi connectivity index (χ3n) is 7.05. The van der Waals surface area contributed by atoms with E-state index in [2.05, 4.69) is 25.7 Å². The van der Waals surface area contributed by atoms with Crippen molar-refractivity contribution in [2.75, 3.05) is 38.7 Å². The molecule has 1 aliphatic rings. The summed E-state index contributed by atoms with van der Waals surface area (Å²) in [5.74, 6) is -0.953. The van der Waals surface area contributed by atoms with E-state index in [1.54, 1.807) is 31.5 Å². The fourth-order valence-corrected chi connectivity index (χ4v) is 4.85. The molecule has 12 heteroatoms. The maximum atomic E-state index is 15.0. The molecule has 0 bridgehead atoms. The summed E-state index contributed by atoms with van der Waals surface area (Å²) in [7, 11) is 1.55. The molecule has 0 radical (unpaired) electrons. The molecule has 2 amide bonds. The van der Waals surface area contributed by atoms with E-state index in [1.807, 2.05) is 0 Å². The van der Waals surface area contributed by atoms with Gasteiger partial charge in [0.25, 0.3) is 0 Å². The summed E-state index contributed by atoms with van der Waals surface area (Å²) in [4.78, 5) is 19.0. The van der Waals surface area contributed by atoms with Crippen molar-refractivity contribution in [3.63, 3.8) is 0 Å². The number of aromatic nitrogens is 1. The van der Waals surface area contributed by atoms with Crippen molar-refractivity contribution in [3.05, 3.63) is 83.8 Å². The Bertz CT molecular complexity index is 1650. The number of anilines is 1. The van der Waals surface area contributed by atoms with E-state index in [0.717, 1.165) is 44.4 Å². The number of pyridine rings is 1. The van der Waals surface area contributed by atoms with Gasteiger partial charge in [0.2, 0.25) is 0 Å². The first-order valence-corrected chi connectivity index (χ1v) is 14.2. The fraction of sp³-hybridized carbons (Fsp3) is 0.281. The van der Waals surface area contributed by atoms with E-state index in [4.69, 9.17) is 14.2 Å². The van der Waals surface area contributed by atoms with E-state index < -0.39 is 23.5 Å². The number of carbonyl (C=O) groups excluding carboxylic acids is 1. The summed E-state index contributed by atoms with van der Waals surface area (Å²) < 4.78 is 59.2. The highest BCUT2D eigenvalue weighted by Crippen LogP contribution is 2.38. The van der Waals surface area contributed by atoms with Crippen molar-refractivity contribution in [2.45, 2.75) is 25.7 Å². The summed E-state index contributed by atoms with van der Waals surface area (Å²) in [6.45, 7) is 3.81. The van der Waals surface area contributed by atoms with Crippen LogP contribution in [-0.4, -0.2) is 55.5 Å². The number of hydrogen-bond donors (Lipinski definition) is 2. The highest BCUT2D eigenvalue weighted by molar-refractivity contribution is 5.91. The normalized spacial score (nSPS) is 13.6. The number of amides is 2. The van der Waals surface area contributed by atoms with Crippen LogP contribution in [0.1, 0.15) is 31.2 Å². The first-order chi connectivity index (χ1) is 21.4. The zero-order valence-electron chi connectivity index (χ0n) is 24.1. The summed E-state index contributed by atoms with van der Waals surface area (Å²) in [6, 6.07) is 11.2. The lowest BCUT2D eigenvalue weighted by Crippen LogP contribution is -2.31. The Hall–Kier alpha value is -4.84. The number of hydrazone groups is 1. The lowest BCUT2D eigenvalue weighted by Gasteiger charge is -2.26. The molecule has 0 spiro atoms. The first-order valence-electron chi connectivity index (χ1n) is 14.2. The molecule has 44 heavy (non-hydrogen) atoms. The second-order valence-electron chi connectivity index (χ2n) is 10.2. The smallest absolute Gasteiger partial charge is 0.339 e. The fourth-order valence-electron chi connectivity index (χ4n) is 4.85. The second-order valence-corrected chi connectivity index (χ2v) is 10.2. The zero-order valence-corrected chi connectivity index (χ0v) is 24.1. The van der Waals surface area contributed by atoms with Crippen LogP contribution in [0.2, 0.25) is 0 Å². The Morgan fingerprint density at radius 3 is 2.57 bits per heavy atom. The molecule has 1 aliphatic heterocycles. The van der Waals surface area contributed by atoms with Gasteiger partial charge < -0.3 is 24.4 Å². The van der Waals surface area contributed by atoms with E-state index in [9.17, 15) is 18.0 Å². The molecule has 1 fully saturated rings. The third kappa shape index (κ3) is 7.95. The van der Waals surface area contributed by atoms with Gasteiger partial charge in [0.05, 0.1) is 25.4 Å². The molecule has 0 atom stereocenters. The lowest BCUT2D eigenvalue weighted by molar-refractivity contribution is 0.203. The Morgan fingerprint density at radius 2 is 1.80 bits per heavy atom. The molecule has 1 aromatic heterocycles. The van der Waals surface area contributed by atoms with Crippen LogP contribution in [-0.2, 0) is 0 Å². The highest BCUT2D eigenvalue weighted by atomic mass is 19.1. The Labute approximate surface area is 252 Å². The maximum Gasteiger partial charge on any atom is 0.339 e. The van der Waals surface area contributed by atoms with Gasteiger partial charge in [-0.15, -0.1) is 0 Å². The number of likely N-dealkylation sites (tertiary alicyclic amines) is 1. The van der Waals surface area contributed by atoms with Crippen LogP contribution in [0.25, 0.3) is 10.9 Å². The number of methoxy groups -OCH3 is 1. The summed E-state index contributed by atoms with van der Waals surface area (Å²) in [5.41, 5.74) is 2.83. The van der Waals surface area contributed by atoms with Crippen molar-refractivity contribution in [1.82, 2.24) is 15.3 Å². The summed E-state index contributed by atoms with van der Waals surface area (Å²) >= 11 is 0. The number of hydrogen-bond acceptors (Lipinski definition) is 7. The number of fused-ring (bicyclic) bond motifs is 1. The van der Waals surface area contributed by atoms with E-state index in [-0.39, 0.29) is 17.0 Å². The van der Waals surface area contributed by atoms with Gasteiger partial charge in [-0.3, -0.25) is 4.98 Å². The maximum absolute atomic E-state index is 15.0. The average molecular weight is 608 g/mol. The van der Waals surface area contributed by atoms with Crippen LogP contribution in [0.5, 0.6) is 23.0 Å². The summed E-state index contributed by atoms with van der Waals surface area (Å²) in [5, 5.41) is 6.63. The monoisotopic (exact) mass is 607 g/mol. The van der Waals surface area contributed by atoms with Crippen molar-refractivity contribution in [3.8, 4) is 23.0 Å². The molecule has 2 N–H and O–H groups in total. The molecule has 3 aromatic carbocycles. The molecular formula is C32H32F3N5O4. The number of carbonyl (C=O) groups is 1. The minimum atomic E-state index is -0.832. The zero-order chi connectivity index (χ0) is 30.9. The molecule has 5 rings (SSSR count). The van der Waals surface area contributed by atoms with Gasteiger partial charge in [0, 0.05) is 47.6 Å². The number of urea groups is 1. The van der Waals surface area contributed by atoms with Crippen LogP contribution in [0.3, 0.4) is 0 Å². The number of nitrogens with zero attached hydrogens (tertiary/aromatic N) is 3. The number of piperidine rings is 1. The molecule has 0 aliphatic carbocycles. The van der Waals surface area contributed by atoms with Crippen molar-refractivity contribution < 1.29 is 32.2 Å². The van der Waals surface area contributed by atoms with Crippen LogP contribution in [0, 0.1) is 17.5 Å². The predicted molar refractivity (Wildman–Crippen MR) is 161 cm³/mol. The van der Waals surface area contributed by atoms with Crippen molar-refractivity contribution in [2.24, 2.45) is 5.10 Å². The van der Waals surface area contributed by atoms with E-state index in [1.165, 1.54) is 37.5 Å². The van der Waals surface area contributed by atoms with Crippen molar-refractivity contribution >= 4 is 28.8 Å². The topological polar surface area (TPSA) is 97.3 Å². The minimum absolute atomic E-state index is 0.0209. The molecule has 2 heterocycles. The second kappa shape index (κ2) is 14.6. The van der Waals surface area contributed by atoms with Gasteiger partial charge >= 0.3 is 6.03 Å². The summed E-state index contributed by atoms with van der Waals surface area (Å²) in [6.07, 6.45) is 7.27. The highest BCUT2D eigenvalue weighted by Gasteiger charge is 2.15. The first kappa shape index (κ1) is 30.6. The van der Waals surface area contributed by atoms with Crippen LogP contribution in [0.4, 0.5) is 23.7 Å². The number of benzene rings is 3. The molecule has 4 aromatic rings. The minimum Gasteiger partial charge on any atom is -0.493 e. The third-order valence-corrected chi connectivity index (χ3v) is 7.05. The molecule has 1 saturated heterocycles. The number of ether oxygens (including phenoxy) is 3. The van der Waals surface area contributed by atoms with Gasteiger partial charge in [-0.1, -0.05) is 6.42 Å². The Balaban J connectivity index is 1.21. The number of nitrogens with one attached hydrogen (secondary N) is 2. The molecule has 230 valence electrons. The molecule has 0 saturated carbocycles. The molecular weight excluding hydrogens is 575 g/mol. The SMILES string of the molecule is COc1cc2c(Oc3ccc(NC(=O)N/N=C/c4ccc(F)cc4F)cc3F)ccnc2cc1OCCCN1CCCCC1. The van der Waals surface area contributed by atoms with Gasteiger partial charge in [-0.05, 0) is 68.8 Å². The van der Waals surface area contributed by atoms with Crippen LogP contribution < -0.4 is 25.0 Å². The van der Waals surface area contributed by atoms with Gasteiger partial charge in [0.15, 0.2) is 23.1 Å². The Kier molecular flexibility index (Phi) is 10.1. The van der Waals surface area contributed by atoms with Crippen molar-refractivity contribution in [1.29, 1.82) is 0 Å². The average Bonchev–Trinajstić information content (AvgIpc) is 3.02. The molecule has 0 unspecified atom stereocenters. The molecule has 9 nitrogen and oxygen atoms in total. The lowest BCUT2D eigenvalue weighted by atomic mass is 10.1. The van der Waals surface area contributed by atoms with Crippen LogP contribution in [0.15, 0.2) is 65.9 Å². The van der Waals surface area contributed by atoms with Gasteiger partial charge in [-0.25, -0.2) is 23.4 Å². The van der Waals surface area contributed by atoms with Gasteiger partial charge in [0.1, 0.15) is 17.4 Å².